The van der Waals surface area contributed by atoms with Crippen molar-refractivity contribution in [3.63, 3.8) is 0 Å². The molecular formula is C4H7F2O5PS. The third-order valence-corrected chi connectivity index (χ3v) is 3.30. The van der Waals surface area contributed by atoms with Gasteiger partial charge in [-0.15, -0.1) is 8.39 Å². The van der Waals surface area contributed by atoms with Gasteiger partial charge in [0, 0.05) is 0 Å². The van der Waals surface area contributed by atoms with Crippen molar-refractivity contribution >= 4 is 18.1 Å². The highest BCUT2D eigenvalue weighted by Crippen LogP contribution is 2.52. The molecule has 1 aliphatic rings. The lowest BCUT2D eigenvalue weighted by Crippen LogP contribution is -2.21. The summed E-state index contributed by atoms with van der Waals surface area (Å²) in [6.45, 7) is 1.25. The molecule has 2 atom stereocenters. The third kappa shape index (κ3) is 3.30. The lowest BCUT2D eigenvalue weighted by molar-refractivity contribution is 0.100. The Bertz CT molecular complexity index is 334. The maximum Gasteiger partial charge on any atom is 0.552 e. The molecule has 0 amide bonds. The Morgan fingerprint density at radius 1 is 1.54 bits per heavy atom. The second-order valence-electron chi connectivity index (χ2n) is 2.58. The van der Waals surface area contributed by atoms with Gasteiger partial charge in [-0.2, -0.15) is 8.42 Å². The van der Waals surface area contributed by atoms with Crippen molar-refractivity contribution in [2.75, 3.05) is 5.75 Å². The minimum absolute atomic E-state index is 0.688. The summed E-state index contributed by atoms with van der Waals surface area (Å²) >= 11 is 0. The van der Waals surface area contributed by atoms with Gasteiger partial charge in [0.25, 0.3) is 10.1 Å². The molecule has 0 aliphatic carbocycles. The first-order valence-electron chi connectivity index (χ1n) is 3.28. The first-order chi connectivity index (χ1) is 5.70. The van der Waals surface area contributed by atoms with Crippen LogP contribution in [0.2, 0.25) is 0 Å². The zero-order valence-electron chi connectivity index (χ0n) is 6.51. The molecule has 0 radical (unpaired) electrons. The van der Waals surface area contributed by atoms with E-state index in [1.54, 1.807) is 0 Å². The largest absolute Gasteiger partial charge is 0.552 e. The first kappa shape index (κ1) is 11.0. The van der Waals surface area contributed by atoms with Crippen molar-refractivity contribution in [3.05, 3.63) is 0 Å². The average Bonchev–Trinajstić information content (AvgIpc) is 2.00. The Morgan fingerprint density at radius 3 is 2.38 bits per heavy atom. The molecule has 0 spiro atoms. The topological polar surface area (TPSA) is 69.7 Å². The molecule has 0 saturated carbocycles. The van der Waals surface area contributed by atoms with E-state index in [1.165, 1.54) is 6.92 Å². The maximum absolute atomic E-state index is 11.9. The number of hydrogen-bond donors (Lipinski definition) is 0. The molecule has 1 rings (SSSR count). The molecular weight excluding hydrogens is 229 g/mol. The van der Waals surface area contributed by atoms with Gasteiger partial charge in [-0.25, -0.2) is 4.57 Å². The first-order valence-corrected chi connectivity index (χ1v) is 6.27. The van der Waals surface area contributed by atoms with Crippen LogP contribution in [-0.2, 0) is 23.4 Å². The van der Waals surface area contributed by atoms with Gasteiger partial charge in [0.1, 0.15) is 18.0 Å². The third-order valence-electron chi connectivity index (χ3n) is 1.45. The highest BCUT2D eigenvalue weighted by Gasteiger charge is 2.41. The standard InChI is InChI=1S/C4H7F2O5PS/c1-3-4(10-12(5,6)7)2-13(8,9)11-3/h3-4H,2H2,1H3. The minimum Gasteiger partial charge on any atom is -0.273 e. The monoisotopic (exact) mass is 236 g/mol. The second kappa shape index (κ2) is 3.27. The van der Waals surface area contributed by atoms with Crippen LogP contribution < -0.4 is 0 Å². The molecule has 1 fully saturated rings. The summed E-state index contributed by atoms with van der Waals surface area (Å²) in [4.78, 5) is 0. The molecule has 78 valence electrons. The molecule has 2 unspecified atom stereocenters. The van der Waals surface area contributed by atoms with Gasteiger partial charge in [0.15, 0.2) is 0 Å². The van der Waals surface area contributed by atoms with E-state index in [1.807, 2.05) is 0 Å². The molecule has 0 aromatic heterocycles. The van der Waals surface area contributed by atoms with E-state index in [0.717, 1.165) is 0 Å². The fourth-order valence-electron chi connectivity index (χ4n) is 0.943. The van der Waals surface area contributed by atoms with Gasteiger partial charge in [0.2, 0.25) is 0 Å². The highest BCUT2D eigenvalue weighted by atomic mass is 32.2. The van der Waals surface area contributed by atoms with Crippen molar-refractivity contribution in [1.29, 1.82) is 0 Å². The van der Waals surface area contributed by atoms with Crippen molar-refractivity contribution in [1.82, 2.24) is 0 Å². The normalized spacial score (nSPS) is 33.5. The molecule has 0 aromatic carbocycles. The Labute approximate surface area is 73.8 Å². The van der Waals surface area contributed by atoms with Crippen molar-refractivity contribution in [3.8, 4) is 0 Å². The van der Waals surface area contributed by atoms with Gasteiger partial charge in [-0.05, 0) is 6.92 Å². The Balaban J connectivity index is 2.70. The molecule has 0 aromatic rings. The predicted octanol–water partition coefficient (Wildman–Crippen LogP) is 1.17. The highest BCUT2D eigenvalue weighted by molar-refractivity contribution is 7.87. The second-order valence-corrected chi connectivity index (χ2v) is 5.26. The van der Waals surface area contributed by atoms with Crippen LogP contribution in [0.5, 0.6) is 0 Å². The summed E-state index contributed by atoms with van der Waals surface area (Å²) in [6.07, 6.45) is -2.38. The summed E-state index contributed by atoms with van der Waals surface area (Å²) < 4.78 is 63.2. The lowest BCUT2D eigenvalue weighted by atomic mass is 10.3. The zero-order chi connectivity index (χ0) is 10.3. The smallest absolute Gasteiger partial charge is 0.273 e. The minimum atomic E-state index is -5.65. The van der Waals surface area contributed by atoms with E-state index in [-0.39, 0.29) is 0 Å². The molecule has 9 heteroatoms. The van der Waals surface area contributed by atoms with Crippen LogP contribution in [0.4, 0.5) is 8.39 Å². The van der Waals surface area contributed by atoms with E-state index in [0.29, 0.717) is 0 Å². The number of hydrogen-bond acceptors (Lipinski definition) is 5. The lowest BCUT2D eigenvalue weighted by Gasteiger charge is -2.10. The van der Waals surface area contributed by atoms with Gasteiger partial charge in [0.05, 0.1) is 0 Å². The average molecular weight is 236 g/mol. The fourth-order valence-corrected chi connectivity index (χ4v) is 3.01. The summed E-state index contributed by atoms with van der Waals surface area (Å²) in [7, 11) is -9.45. The number of rotatable bonds is 2. The summed E-state index contributed by atoms with van der Waals surface area (Å²) in [5.41, 5.74) is 0. The maximum atomic E-state index is 11.9. The molecule has 0 N–H and O–H groups in total. The number of halogens is 2. The quantitative estimate of drug-likeness (QED) is 0.531. The Kier molecular flexibility index (Phi) is 2.78. The van der Waals surface area contributed by atoms with Crippen LogP contribution >= 0.6 is 7.99 Å². The van der Waals surface area contributed by atoms with Crippen LogP contribution in [0, 0.1) is 0 Å². The van der Waals surface area contributed by atoms with E-state index in [9.17, 15) is 21.4 Å². The van der Waals surface area contributed by atoms with E-state index in [2.05, 4.69) is 8.71 Å². The predicted molar refractivity (Wildman–Crippen MR) is 39.0 cm³/mol. The summed E-state index contributed by atoms with van der Waals surface area (Å²) in [6, 6.07) is 0. The van der Waals surface area contributed by atoms with Crippen LogP contribution in [0.3, 0.4) is 0 Å². The van der Waals surface area contributed by atoms with Crippen LogP contribution in [0.1, 0.15) is 6.92 Å². The molecule has 1 saturated heterocycles. The molecule has 1 heterocycles. The van der Waals surface area contributed by atoms with Crippen LogP contribution in [-0.4, -0.2) is 26.4 Å². The zero-order valence-corrected chi connectivity index (χ0v) is 8.23. The van der Waals surface area contributed by atoms with Crippen molar-refractivity contribution < 1.29 is 30.1 Å². The SMILES string of the molecule is CC1OS(=O)(=O)CC1OP(=O)(F)F. The van der Waals surface area contributed by atoms with Gasteiger partial charge < -0.3 is 0 Å². The van der Waals surface area contributed by atoms with Gasteiger partial charge in [-0.3, -0.25) is 8.71 Å². The van der Waals surface area contributed by atoms with Crippen LogP contribution in [0.15, 0.2) is 0 Å². The Morgan fingerprint density at radius 2 is 2.08 bits per heavy atom. The van der Waals surface area contributed by atoms with E-state index < -0.39 is 36.1 Å². The molecule has 13 heavy (non-hydrogen) atoms. The van der Waals surface area contributed by atoms with Gasteiger partial charge >= 0.3 is 7.99 Å². The molecule has 0 bridgehead atoms. The fraction of sp³-hybridized carbons (Fsp3) is 1.00. The van der Waals surface area contributed by atoms with Gasteiger partial charge in [-0.1, -0.05) is 0 Å². The van der Waals surface area contributed by atoms with Crippen LogP contribution in [0.25, 0.3) is 0 Å². The Hall–Kier alpha value is -0.0400. The van der Waals surface area contributed by atoms with E-state index >= 15 is 0 Å². The summed E-state index contributed by atoms with van der Waals surface area (Å²) in [5.74, 6) is -0.688. The molecule has 1 aliphatic heterocycles. The van der Waals surface area contributed by atoms with Crippen molar-refractivity contribution in [2.24, 2.45) is 0 Å². The molecule has 5 nitrogen and oxygen atoms in total. The van der Waals surface area contributed by atoms with E-state index in [4.69, 9.17) is 0 Å². The van der Waals surface area contributed by atoms with Crippen molar-refractivity contribution in [2.45, 2.75) is 19.1 Å². The summed E-state index contributed by atoms with van der Waals surface area (Å²) in [5, 5.41) is 0.